The van der Waals surface area contributed by atoms with Gasteiger partial charge in [-0.1, -0.05) is 23.2 Å². The minimum absolute atomic E-state index is 0. The van der Waals surface area contributed by atoms with E-state index in [-0.39, 0.29) is 18.3 Å². The second kappa shape index (κ2) is 10.4. The van der Waals surface area contributed by atoms with Gasteiger partial charge in [0.1, 0.15) is 0 Å². The molecule has 0 bridgehead atoms. The first-order valence-corrected chi connectivity index (χ1v) is 8.46. The van der Waals surface area contributed by atoms with Gasteiger partial charge in [0.15, 0.2) is 0 Å². The predicted molar refractivity (Wildman–Crippen MR) is 100 cm³/mol. The zero-order valence-corrected chi connectivity index (χ0v) is 15.6. The maximum Gasteiger partial charge on any atom is 0.225 e. The van der Waals surface area contributed by atoms with Crippen LogP contribution < -0.4 is 10.6 Å². The van der Waals surface area contributed by atoms with Crippen LogP contribution in [0.25, 0.3) is 0 Å². The molecule has 1 heterocycles. The second-order valence-electron chi connectivity index (χ2n) is 5.79. The van der Waals surface area contributed by atoms with Gasteiger partial charge in [0.2, 0.25) is 5.91 Å². The molecule has 0 aromatic heterocycles. The monoisotopic (exact) mass is 379 g/mol. The van der Waals surface area contributed by atoms with Crippen LogP contribution >= 0.6 is 35.6 Å². The number of amides is 1. The molecule has 23 heavy (non-hydrogen) atoms. The molecule has 1 unspecified atom stereocenters. The van der Waals surface area contributed by atoms with E-state index in [9.17, 15) is 4.79 Å². The Balaban J connectivity index is 0.00000264. The lowest BCUT2D eigenvalue weighted by Gasteiger charge is -2.32. The molecule has 1 aliphatic rings. The molecule has 1 amide bonds. The van der Waals surface area contributed by atoms with Crippen molar-refractivity contribution in [2.75, 3.05) is 38.5 Å². The Hall–Kier alpha value is -0.520. The standard InChI is InChI=1S/C16H23Cl2N3O.ClH/c1-19-10-12-3-2-7-21(11-12)8-6-16(22)20-15-9-13(17)4-5-14(15)18;/h4-5,9,12,19H,2-3,6-8,10-11H2,1H3,(H,20,22);1H. The number of nitrogens with zero attached hydrogens (tertiary/aromatic N) is 1. The summed E-state index contributed by atoms with van der Waals surface area (Å²) in [5.41, 5.74) is 0.575. The van der Waals surface area contributed by atoms with Crippen LogP contribution in [0.4, 0.5) is 5.69 Å². The average Bonchev–Trinajstić information content (AvgIpc) is 2.50. The Morgan fingerprint density at radius 2 is 2.17 bits per heavy atom. The van der Waals surface area contributed by atoms with Gasteiger partial charge in [0.05, 0.1) is 10.7 Å². The number of piperidine rings is 1. The second-order valence-corrected chi connectivity index (χ2v) is 6.63. The predicted octanol–water partition coefficient (Wildman–Crippen LogP) is 3.68. The third kappa shape index (κ3) is 6.86. The molecular weight excluding hydrogens is 357 g/mol. The van der Waals surface area contributed by atoms with Crippen molar-refractivity contribution in [2.24, 2.45) is 5.92 Å². The summed E-state index contributed by atoms with van der Waals surface area (Å²) in [5, 5.41) is 7.13. The number of hydrogen-bond donors (Lipinski definition) is 2. The van der Waals surface area contributed by atoms with E-state index in [0.29, 0.717) is 28.1 Å². The number of nitrogens with one attached hydrogen (secondary N) is 2. The van der Waals surface area contributed by atoms with E-state index in [4.69, 9.17) is 23.2 Å². The number of anilines is 1. The Labute approximate surface area is 154 Å². The summed E-state index contributed by atoms with van der Waals surface area (Å²) in [5.74, 6) is 0.657. The number of hydrogen-bond acceptors (Lipinski definition) is 3. The number of carbonyl (C=O) groups excluding carboxylic acids is 1. The number of rotatable bonds is 6. The normalized spacial score (nSPS) is 18.3. The van der Waals surface area contributed by atoms with Crippen LogP contribution in [-0.2, 0) is 4.79 Å². The largest absolute Gasteiger partial charge is 0.325 e. The van der Waals surface area contributed by atoms with Crippen LogP contribution in [0, 0.1) is 5.92 Å². The minimum atomic E-state index is -0.0279. The zero-order valence-electron chi connectivity index (χ0n) is 13.3. The summed E-state index contributed by atoms with van der Waals surface area (Å²) in [6, 6.07) is 5.06. The molecular formula is C16H24Cl3N3O. The topological polar surface area (TPSA) is 44.4 Å². The van der Waals surface area contributed by atoms with E-state index in [1.165, 1.54) is 12.8 Å². The van der Waals surface area contributed by atoms with Gasteiger partial charge in [-0.25, -0.2) is 0 Å². The van der Waals surface area contributed by atoms with E-state index < -0.39 is 0 Å². The molecule has 2 rings (SSSR count). The Bertz CT molecular complexity index is 511. The maximum absolute atomic E-state index is 12.1. The highest BCUT2D eigenvalue weighted by Crippen LogP contribution is 2.25. The fourth-order valence-electron chi connectivity index (χ4n) is 2.88. The van der Waals surface area contributed by atoms with Crippen LogP contribution in [0.3, 0.4) is 0 Å². The van der Waals surface area contributed by atoms with Crippen molar-refractivity contribution in [1.82, 2.24) is 10.2 Å². The van der Waals surface area contributed by atoms with Crippen LogP contribution in [0.5, 0.6) is 0 Å². The van der Waals surface area contributed by atoms with Crippen molar-refractivity contribution in [3.8, 4) is 0 Å². The van der Waals surface area contributed by atoms with Gasteiger partial charge in [-0.2, -0.15) is 0 Å². The van der Waals surface area contributed by atoms with Crippen LogP contribution in [0.2, 0.25) is 10.0 Å². The first kappa shape index (κ1) is 20.5. The van der Waals surface area contributed by atoms with E-state index in [0.717, 1.165) is 26.2 Å². The van der Waals surface area contributed by atoms with Gasteiger partial charge in [-0.3, -0.25) is 4.79 Å². The smallest absolute Gasteiger partial charge is 0.225 e. The SMILES string of the molecule is CNCC1CCCN(CCC(=O)Nc2cc(Cl)ccc2Cl)C1.Cl. The molecule has 0 aliphatic carbocycles. The van der Waals surface area contributed by atoms with Crippen LogP contribution in [0.1, 0.15) is 19.3 Å². The number of carbonyl (C=O) groups is 1. The molecule has 1 saturated heterocycles. The zero-order chi connectivity index (χ0) is 15.9. The van der Waals surface area contributed by atoms with Crippen molar-refractivity contribution in [3.63, 3.8) is 0 Å². The number of halogens is 3. The maximum atomic E-state index is 12.1. The lowest BCUT2D eigenvalue weighted by atomic mass is 9.98. The highest BCUT2D eigenvalue weighted by molar-refractivity contribution is 6.35. The molecule has 1 aromatic rings. The summed E-state index contributed by atoms with van der Waals surface area (Å²) >= 11 is 12.0. The first-order chi connectivity index (χ1) is 10.6. The average molecular weight is 381 g/mol. The van der Waals surface area contributed by atoms with Crippen molar-refractivity contribution in [2.45, 2.75) is 19.3 Å². The van der Waals surface area contributed by atoms with Crippen molar-refractivity contribution in [3.05, 3.63) is 28.2 Å². The van der Waals surface area contributed by atoms with Gasteiger partial charge in [-0.05, 0) is 57.1 Å². The molecule has 1 fully saturated rings. The van der Waals surface area contributed by atoms with Crippen LogP contribution in [-0.4, -0.2) is 44.0 Å². The quantitative estimate of drug-likeness (QED) is 0.791. The fourth-order valence-corrected chi connectivity index (χ4v) is 3.21. The molecule has 130 valence electrons. The van der Waals surface area contributed by atoms with Gasteiger partial charge in [0.25, 0.3) is 0 Å². The van der Waals surface area contributed by atoms with Crippen molar-refractivity contribution in [1.29, 1.82) is 0 Å². The molecule has 1 aromatic carbocycles. The molecule has 0 spiro atoms. The summed E-state index contributed by atoms with van der Waals surface area (Å²) < 4.78 is 0. The minimum Gasteiger partial charge on any atom is -0.325 e. The molecule has 1 atom stereocenters. The summed E-state index contributed by atoms with van der Waals surface area (Å²) in [6.45, 7) is 3.96. The Morgan fingerprint density at radius 3 is 2.91 bits per heavy atom. The Kier molecular flexibility index (Phi) is 9.25. The lowest BCUT2D eigenvalue weighted by Crippen LogP contribution is -2.40. The molecule has 2 N–H and O–H groups in total. The molecule has 0 saturated carbocycles. The lowest BCUT2D eigenvalue weighted by molar-refractivity contribution is -0.116. The number of likely N-dealkylation sites (tertiary alicyclic amines) is 1. The van der Waals surface area contributed by atoms with Crippen molar-refractivity contribution < 1.29 is 4.79 Å². The summed E-state index contributed by atoms with van der Waals surface area (Å²) in [6.07, 6.45) is 2.94. The highest BCUT2D eigenvalue weighted by Gasteiger charge is 2.19. The summed E-state index contributed by atoms with van der Waals surface area (Å²) in [7, 11) is 1.99. The van der Waals surface area contributed by atoms with E-state index in [1.54, 1.807) is 18.2 Å². The van der Waals surface area contributed by atoms with Gasteiger partial charge in [0, 0.05) is 24.5 Å². The van der Waals surface area contributed by atoms with Crippen LogP contribution in [0.15, 0.2) is 18.2 Å². The third-order valence-corrected chi connectivity index (χ3v) is 4.52. The highest BCUT2D eigenvalue weighted by atomic mass is 35.5. The van der Waals surface area contributed by atoms with Gasteiger partial charge >= 0.3 is 0 Å². The van der Waals surface area contributed by atoms with E-state index >= 15 is 0 Å². The van der Waals surface area contributed by atoms with E-state index in [1.807, 2.05) is 7.05 Å². The van der Waals surface area contributed by atoms with Gasteiger partial charge < -0.3 is 15.5 Å². The number of benzene rings is 1. The first-order valence-electron chi connectivity index (χ1n) is 7.70. The molecule has 7 heteroatoms. The Morgan fingerprint density at radius 1 is 1.39 bits per heavy atom. The van der Waals surface area contributed by atoms with E-state index in [2.05, 4.69) is 15.5 Å². The summed E-state index contributed by atoms with van der Waals surface area (Å²) in [4.78, 5) is 14.4. The fraction of sp³-hybridized carbons (Fsp3) is 0.562. The van der Waals surface area contributed by atoms with Crippen molar-refractivity contribution >= 4 is 47.2 Å². The third-order valence-electron chi connectivity index (χ3n) is 3.95. The van der Waals surface area contributed by atoms with Gasteiger partial charge in [-0.15, -0.1) is 12.4 Å². The molecule has 1 aliphatic heterocycles. The molecule has 4 nitrogen and oxygen atoms in total. The molecule has 0 radical (unpaired) electrons.